The fraction of sp³-hybridized carbons (Fsp3) is 0.300. The lowest BCUT2D eigenvalue weighted by atomic mass is 10.1. The van der Waals surface area contributed by atoms with Crippen LogP contribution in [0, 0.1) is 13.8 Å². The van der Waals surface area contributed by atoms with E-state index in [0.29, 0.717) is 22.4 Å². The standard InChI is InChI=1S/C20H25N3O3S/c1-12-8-7-9-16(13(12)2)21-20(27)23-22-14(3)15-10-17(24-4)19(26-6)18(11-15)25-5/h7-11H,1-6H3,(H2,21,23,27). The number of aryl methyl sites for hydroxylation is 1. The smallest absolute Gasteiger partial charge is 0.203 e. The molecule has 0 saturated heterocycles. The molecule has 0 aliphatic rings. The number of nitrogens with one attached hydrogen (secondary N) is 2. The molecule has 0 bridgehead atoms. The number of rotatable bonds is 6. The number of hydrogen-bond acceptors (Lipinski definition) is 5. The normalized spacial score (nSPS) is 11.0. The summed E-state index contributed by atoms with van der Waals surface area (Å²) in [5, 5.41) is 7.94. The largest absolute Gasteiger partial charge is 0.493 e. The van der Waals surface area contributed by atoms with Crippen molar-refractivity contribution < 1.29 is 14.2 Å². The Bertz CT molecular complexity index is 841. The van der Waals surface area contributed by atoms with Gasteiger partial charge in [-0.2, -0.15) is 5.10 Å². The molecule has 2 N–H and O–H groups in total. The summed E-state index contributed by atoms with van der Waals surface area (Å²) in [7, 11) is 4.73. The number of anilines is 1. The van der Waals surface area contributed by atoms with Gasteiger partial charge in [-0.15, -0.1) is 0 Å². The van der Waals surface area contributed by atoms with Crippen LogP contribution in [-0.4, -0.2) is 32.2 Å². The van der Waals surface area contributed by atoms with E-state index >= 15 is 0 Å². The second-order valence-electron chi connectivity index (χ2n) is 5.92. The Morgan fingerprint density at radius 2 is 1.63 bits per heavy atom. The minimum absolute atomic E-state index is 0.412. The first-order valence-electron chi connectivity index (χ1n) is 8.39. The van der Waals surface area contributed by atoms with Crippen LogP contribution in [0.25, 0.3) is 0 Å². The van der Waals surface area contributed by atoms with E-state index in [-0.39, 0.29) is 0 Å². The Labute approximate surface area is 165 Å². The zero-order valence-corrected chi connectivity index (χ0v) is 17.3. The number of thiocarbonyl (C=S) groups is 1. The summed E-state index contributed by atoms with van der Waals surface area (Å²) in [6, 6.07) is 9.69. The number of ether oxygens (including phenoxy) is 3. The number of benzene rings is 2. The monoisotopic (exact) mass is 387 g/mol. The van der Waals surface area contributed by atoms with Crippen molar-refractivity contribution in [2.75, 3.05) is 26.6 Å². The van der Waals surface area contributed by atoms with Crippen LogP contribution in [0.5, 0.6) is 17.2 Å². The molecule has 0 fully saturated rings. The second kappa shape index (κ2) is 9.23. The molecule has 0 aliphatic carbocycles. The highest BCUT2D eigenvalue weighted by molar-refractivity contribution is 7.80. The molecule has 0 radical (unpaired) electrons. The van der Waals surface area contributed by atoms with Gasteiger partial charge in [-0.3, -0.25) is 5.43 Å². The average molecular weight is 388 g/mol. The van der Waals surface area contributed by atoms with Gasteiger partial charge < -0.3 is 19.5 Å². The summed E-state index contributed by atoms with van der Waals surface area (Å²) in [5.74, 6) is 1.67. The molecule has 0 unspecified atom stereocenters. The summed E-state index contributed by atoms with van der Waals surface area (Å²) >= 11 is 5.35. The van der Waals surface area contributed by atoms with E-state index in [1.54, 1.807) is 21.3 Å². The predicted octanol–water partition coefficient (Wildman–Crippen LogP) is 4.04. The first kappa shape index (κ1) is 20.5. The first-order chi connectivity index (χ1) is 12.9. The number of nitrogens with zero attached hydrogens (tertiary/aromatic N) is 1. The third-order valence-electron chi connectivity index (χ3n) is 4.26. The van der Waals surface area contributed by atoms with Gasteiger partial charge in [0.2, 0.25) is 5.75 Å². The molecular weight excluding hydrogens is 362 g/mol. The van der Waals surface area contributed by atoms with Crippen molar-refractivity contribution in [3.05, 3.63) is 47.0 Å². The third-order valence-corrected chi connectivity index (χ3v) is 4.45. The molecule has 0 saturated carbocycles. The third kappa shape index (κ3) is 4.89. The number of hydrogen-bond donors (Lipinski definition) is 2. The highest BCUT2D eigenvalue weighted by Crippen LogP contribution is 2.38. The van der Waals surface area contributed by atoms with Crippen LogP contribution in [0.4, 0.5) is 5.69 Å². The van der Waals surface area contributed by atoms with Gasteiger partial charge in [-0.1, -0.05) is 12.1 Å². The maximum absolute atomic E-state index is 5.38. The molecule has 2 aromatic rings. The molecule has 6 nitrogen and oxygen atoms in total. The minimum Gasteiger partial charge on any atom is -0.493 e. The van der Waals surface area contributed by atoms with Gasteiger partial charge >= 0.3 is 0 Å². The van der Waals surface area contributed by atoms with Crippen LogP contribution in [0.1, 0.15) is 23.6 Å². The van der Waals surface area contributed by atoms with Gasteiger partial charge in [0, 0.05) is 11.3 Å². The quantitative estimate of drug-likeness (QED) is 0.443. The van der Waals surface area contributed by atoms with Crippen LogP contribution in [0.2, 0.25) is 0 Å². The lowest BCUT2D eigenvalue weighted by molar-refractivity contribution is 0.324. The maximum atomic E-state index is 5.38. The van der Waals surface area contributed by atoms with Crippen LogP contribution >= 0.6 is 12.2 Å². The molecule has 2 aromatic carbocycles. The molecule has 0 aliphatic heterocycles. The van der Waals surface area contributed by atoms with Gasteiger partial charge in [0.05, 0.1) is 27.0 Å². The Hall–Kier alpha value is -2.80. The first-order valence-corrected chi connectivity index (χ1v) is 8.80. The summed E-state index contributed by atoms with van der Waals surface area (Å²) in [6.07, 6.45) is 0. The van der Waals surface area contributed by atoms with Crippen molar-refractivity contribution in [1.82, 2.24) is 5.43 Å². The molecule has 2 rings (SSSR count). The van der Waals surface area contributed by atoms with E-state index in [1.165, 1.54) is 5.56 Å². The van der Waals surface area contributed by atoms with Gasteiger partial charge in [0.25, 0.3) is 0 Å². The Morgan fingerprint density at radius 3 is 2.19 bits per heavy atom. The predicted molar refractivity (Wildman–Crippen MR) is 114 cm³/mol. The fourth-order valence-corrected chi connectivity index (χ4v) is 2.68. The highest BCUT2D eigenvalue weighted by atomic mass is 32.1. The lowest BCUT2D eigenvalue weighted by Crippen LogP contribution is -2.25. The summed E-state index contributed by atoms with van der Waals surface area (Å²) in [4.78, 5) is 0. The van der Waals surface area contributed by atoms with Crippen molar-refractivity contribution in [1.29, 1.82) is 0 Å². The molecular formula is C20H25N3O3S. The molecule has 27 heavy (non-hydrogen) atoms. The van der Waals surface area contributed by atoms with Crippen LogP contribution < -0.4 is 25.0 Å². The zero-order valence-electron chi connectivity index (χ0n) is 16.5. The Morgan fingerprint density at radius 1 is 1.00 bits per heavy atom. The lowest BCUT2D eigenvalue weighted by Gasteiger charge is -2.14. The fourth-order valence-electron chi connectivity index (χ4n) is 2.53. The molecule has 0 heterocycles. The average Bonchev–Trinajstić information content (AvgIpc) is 2.68. The summed E-state index contributed by atoms with van der Waals surface area (Å²) in [5.41, 5.74) is 7.71. The Balaban J connectivity index is 2.17. The van der Waals surface area contributed by atoms with Crippen molar-refractivity contribution in [2.24, 2.45) is 5.10 Å². The van der Waals surface area contributed by atoms with Gasteiger partial charge in [0.15, 0.2) is 16.6 Å². The molecule has 0 aromatic heterocycles. The topological polar surface area (TPSA) is 64.1 Å². The van der Waals surface area contributed by atoms with E-state index in [1.807, 2.05) is 38.1 Å². The maximum Gasteiger partial charge on any atom is 0.203 e. The SMILES string of the molecule is COc1cc(C(C)=NNC(=S)Nc2cccc(C)c2C)cc(OC)c1OC. The molecule has 144 valence electrons. The van der Waals surface area contributed by atoms with Crippen molar-refractivity contribution in [3.63, 3.8) is 0 Å². The minimum atomic E-state index is 0.412. The molecule has 7 heteroatoms. The van der Waals surface area contributed by atoms with Crippen molar-refractivity contribution in [3.8, 4) is 17.2 Å². The van der Waals surface area contributed by atoms with Crippen LogP contribution in [-0.2, 0) is 0 Å². The van der Waals surface area contributed by atoms with Crippen molar-refractivity contribution in [2.45, 2.75) is 20.8 Å². The second-order valence-corrected chi connectivity index (χ2v) is 6.33. The van der Waals surface area contributed by atoms with Crippen LogP contribution in [0.3, 0.4) is 0 Å². The van der Waals surface area contributed by atoms with E-state index in [2.05, 4.69) is 28.8 Å². The molecule has 0 spiro atoms. The van der Waals surface area contributed by atoms with Gasteiger partial charge in [-0.25, -0.2) is 0 Å². The molecule has 0 amide bonds. The van der Waals surface area contributed by atoms with Crippen LogP contribution in [0.15, 0.2) is 35.4 Å². The van der Waals surface area contributed by atoms with E-state index in [9.17, 15) is 0 Å². The van der Waals surface area contributed by atoms with Crippen molar-refractivity contribution >= 4 is 28.7 Å². The summed E-state index contributed by atoms with van der Waals surface area (Å²) in [6.45, 7) is 5.97. The van der Waals surface area contributed by atoms with Gasteiger partial charge in [0.1, 0.15) is 0 Å². The van der Waals surface area contributed by atoms with E-state index in [0.717, 1.165) is 22.5 Å². The van der Waals surface area contributed by atoms with E-state index < -0.39 is 0 Å². The molecule has 0 atom stereocenters. The Kier molecular flexibility index (Phi) is 7.01. The summed E-state index contributed by atoms with van der Waals surface area (Å²) < 4.78 is 16.1. The highest BCUT2D eigenvalue weighted by Gasteiger charge is 2.14. The zero-order chi connectivity index (χ0) is 20.0. The van der Waals surface area contributed by atoms with E-state index in [4.69, 9.17) is 26.4 Å². The number of methoxy groups -OCH3 is 3. The van der Waals surface area contributed by atoms with Gasteiger partial charge in [-0.05, 0) is 62.3 Å². The number of hydrazone groups is 1.